The monoisotopic (exact) mass is 300 g/mol. The van der Waals surface area contributed by atoms with Gasteiger partial charge < -0.3 is 9.84 Å². The molecule has 0 aromatic heterocycles. The highest BCUT2D eigenvalue weighted by Crippen LogP contribution is 2.33. The molecule has 2 aromatic rings. The molecule has 0 aliphatic heterocycles. The predicted molar refractivity (Wildman–Crippen MR) is 64.9 cm³/mol. The standard InChI is InChI=1S/C14H8F4O3/c15-12-7-10(5-6-11(12)14(16,17)18)21-9-3-1-8(2-4-9)13(19)20/h1-7H,(H,19,20). The van der Waals surface area contributed by atoms with Gasteiger partial charge in [0, 0.05) is 6.07 Å². The van der Waals surface area contributed by atoms with Crippen LogP contribution in [-0.2, 0) is 6.18 Å². The number of hydrogen-bond donors (Lipinski definition) is 1. The van der Waals surface area contributed by atoms with Crippen molar-refractivity contribution in [3.8, 4) is 11.5 Å². The first-order valence-electron chi connectivity index (χ1n) is 5.65. The van der Waals surface area contributed by atoms with Crippen LogP contribution in [0.4, 0.5) is 17.6 Å². The maximum atomic E-state index is 13.3. The van der Waals surface area contributed by atoms with E-state index in [-0.39, 0.29) is 17.1 Å². The van der Waals surface area contributed by atoms with Crippen LogP contribution in [-0.4, -0.2) is 11.1 Å². The van der Waals surface area contributed by atoms with Crippen LogP contribution in [0.2, 0.25) is 0 Å². The van der Waals surface area contributed by atoms with Gasteiger partial charge in [-0.3, -0.25) is 0 Å². The summed E-state index contributed by atoms with van der Waals surface area (Å²) in [5.41, 5.74) is -1.35. The van der Waals surface area contributed by atoms with Gasteiger partial charge in [-0.05, 0) is 36.4 Å². The lowest BCUT2D eigenvalue weighted by Gasteiger charge is -2.10. The second-order valence-corrected chi connectivity index (χ2v) is 4.07. The van der Waals surface area contributed by atoms with Gasteiger partial charge in [0.1, 0.15) is 17.3 Å². The van der Waals surface area contributed by atoms with Crippen LogP contribution in [0.3, 0.4) is 0 Å². The second kappa shape index (κ2) is 5.43. The molecule has 3 nitrogen and oxygen atoms in total. The van der Waals surface area contributed by atoms with E-state index >= 15 is 0 Å². The van der Waals surface area contributed by atoms with Crippen molar-refractivity contribution in [2.24, 2.45) is 0 Å². The molecule has 0 fully saturated rings. The fourth-order valence-electron chi connectivity index (χ4n) is 1.59. The maximum Gasteiger partial charge on any atom is 0.419 e. The first-order chi connectivity index (χ1) is 9.77. The van der Waals surface area contributed by atoms with E-state index in [1.807, 2.05) is 0 Å². The molecule has 0 atom stereocenters. The molecule has 1 N–H and O–H groups in total. The number of hydrogen-bond acceptors (Lipinski definition) is 2. The molecular weight excluding hydrogens is 292 g/mol. The number of carboxylic acid groups (broad SMARTS) is 1. The molecule has 0 unspecified atom stereocenters. The molecule has 0 bridgehead atoms. The van der Waals surface area contributed by atoms with Crippen LogP contribution in [0.5, 0.6) is 11.5 Å². The van der Waals surface area contributed by atoms with Crippen molar-refractivity contribution in [1.29, 1.82) is 0 Å². The van der Waals surface area contributed by atoms with Gasteiger partial charge in [0.2, 0.25) is 0 Å². The summed E-state index contributed by atoms with van der Waals surface area (Å²) in [4.78, 5) is 10.6. The number of ether oxygens (including phenoxy) is 1. The SMILES string of the molecule is O=C(O)c1ccc(Oc2ccc(C(F)(F)F)c(F)c2)cc1. The van der Waals surface area contributed by atoms with Gasteiger partial charge in [-0.15, -0.1) is 0 Å². The van der Waals surface area contributed by atoms with E-state index in [4.69, 9.17) is 9.84 Å². The van der Waals surface area contributed by atoms with Gasteiger partial charge in [0.05, 0.1) is 11.1 Å². The zero-order valence-corrected chi connectivity index (χ0v) is 10.3. The third kappa shape index (κ3) is 3.50. The molecule has 0 spiro atoms. The molecule has 2 rings (SSSR count). The average Bonchev–Trinajstić information content (AvgIpc) is 2.37. The lowest BCUT2D eigenvalue weighted by molar-refractivity contribution is -0.140. The van der Waals surface area contributed by atoms with Gasteiger partial charge in [0.15, 0.2) is 0 Å². The van der Waals surface area contributed by atoms with Gasteiger partial charge in [-0.1, -0.05) is 0 Å². The minimum atomic E-state index is -4.77. The van der Waals surface area contributed by atoms with E-state index in [0.717, 1.165) is 6.07 Å². The maximum absolute atomic E-state index is 13.3. The summed E-state index contributed by atoms with van der Waals surface area (Å²) in [6.07, 6.45) is -4.77. The van der Waals surface area contributed by atoms with Crippen LogP contribution in [0, 0.1) is 5.82 Å². The topological polar surface area (TPSA) is 46.5 Å². The normalized spacial score (nSPS) is 11.2. The summed E-state index contributed by atoms with van der Waals surface area (Å²) in [7, 11) is 0. The Morgan fingerprint density at radius 3 is 2.05 bits per heavy atom. The summed E-state index contributed by atoms with van der Waals surface area (Å²) in [6.45, 7) is 0. The first kappa shape index (κ1) is 14.8. The number of benzene rings is 2. The van der Waals surface area contributed by atoms with E-state index in [9.17, 15) is 22.4 Å². The molecule has 0 heterocycles. The van der Waals surface area contributed by atoms with E-state index < -0.39 is 23.5 Å². The fraction of sp³-hybridized carbons (Fsp3) is 0.0714. The van der Waals surface area contributed by atoms with Crippen LogP contribution < -0.4 is 4.74 Å². The van der Waals surface area contributed by atoms with Crippen LogP contribution >= 0.6 is 0 Å². The Morgan fingerprint density at radius 1 is 1.00 bits per heavy atom. The van der Waals surface area contributed by atoms with Crippen molar-refractivity contribution in [2.75, 3.05) is 0 Å². The number of alkyl halides is 3. The number of halogens is 4. The minimum Gasteiger partial charge on any atom is -0.478 e. The molecule has 0 saturated heterocycles. The number of aromatic carboxylic acids is 1. The Kier molecular flexibility index (Phi) is 3.84. The van der Waals surface area contributed by atoms with E-state index in [1.165, 1.54) is 24.3 Å². The Morgan fingerprint density at radius 2 is 1.57 bits per heavy atom. The minimum absolute atomic E-state index is 0.0287. The molecule has 0 aliphatic carbocycles. The number of carbonyl (C=O) groups is 1. The summed E-state index contributed by atoms with van der Waals surface area (Å²) in [5.74, 6) is -2.51. The van der Waals surface area contributed by atoms with Crippen molar-refractivity contribution >= 4 is 5.97 Å². The predicted octanol–water partition coefficient (Wildman–Crippen LogP) is 4.34. The van der Waals surface area contributed by atoms with Crippen LogP contribution in [0.25, 0.3) is 0 Å². The molecule has 0 radical (unpaired) electrons. The molecule has 7 heteroatoms. The third-order valence-electron chi connectivity index (χ3n) is 2.58. The molecular formula is C14H8F4O3. The molecule has 0 aliphatic rings. The van der Waals surface area contributed by atoms with Gasteiger partial charge in [-0.25, -0.2) is 9.18 Å². The van der Waals surface area contributed by atoms with Crippen LogP contribution in [0.15, 0.2) is 42.5 Å². The highest BCUT2D eigenvalue weighted by molar-refractivity contribution is 5.87. The number of rotatable bonds is 3. The third-order valence-corrected chi connectivity index (χ3v) is 2.58. The molecule has 110 valence electrons. The molecule has 21 heavy (non-hydrogen) atoms. The van der Waals surface area contributed by atoms with E-state index in [0.29, 0.717) is 12.1 Å². The molecule has 0 saturated carbocycles. The quantitative estimate of drug-likeness (QED) is 0.858. The smallest absolute Gasteiger partial charge is 0.419 e. The van der Waals surface area contributed by atoms with Crippen molar-refractivity contribution in [1.82, 2.24) is 0 Å². The van der Waals surface area contributed by atoms with Crippen LogP contribution in [0.1, 0.15) is 15.9 Å². The Bertz CT molecular complexity index is 663. The first-order valence-corrected chi connectivity index (χ1v) is 5.65. The summed E-state index contributed by atoms with van der Waals surface area (Å²) in [5, 5.41) is 8.71. The lowest BCUT2D eigenvalue weighted by Crippen LogP contribution is -2.07. The summed E-state index contributed by atoms with van der Waals surface area (Å²) in [6, 6.07) is 7.34. The summed E-state index contributed by atoms with van der Waals surface area (Å²) < 4.78 is 55.7. The fourth-order valence-corrected chi connectivity index (χ4v) is 1.59. The van der Waals surface area contributed by atoms with Crippen molar-refractivity contribution in [2.45, 2.75) is 6.18 Å². The molecule has 2 aromatic carbocycles. The zero-order chi connectivity index (χ0) is 15.6. The Hall–Kier alpha value is -2.57. The van der Waals surface area contributed by atoms with Gasteiger partial charge in [0.25, 0.3) is 0 Å². The van der Waals surface area contributed by atoms with Crippen molar-refractivity contribution in [3.63, 3.8) is 0 Å². The summed E-state index contributed by atoms with van der Waals surface area (Å²) >= 11 is 0. The van der Waals surface area contributed by atoms with Crippen molar-refractivity contribution < 1.29 is 32.2 Å². The number of carboxylic acids is 1. The van der Waals surface area contributed by atoms with Crippen molar-refractivity contribution in [3.05, 3.63) is 59.4 Å². The highest BCUT2D eigenvalue weighted by Gasteiger charge is 2.34. The Balaban J connectivity index is 2.20. The zero-order valence-electron chi connectivity index (χ0n) is 10.3. The van der Waals surface area contributed by atoms with E-state index in [1.54, 1.807) is 0 Å². The van der Waals surface area contributed by atoms with E-state index in [2.05, 4.69) is 0 Å². The second-order valence-electron chi connectivity index (χ2n) is 4.07. The lowest BCUT2D eigenvalue weighted by atomic mass is 10.2. The van der Waals surface area contributed by atoms with Gasteiger partial charge in [-0.2, -0.15) is 13.2 Å². The highest BCUT2D eigenvalue weighted by atomic mass is 19.4. The molecule has 0 amide bonds. The Labute approximate surface area is 116 Å². The average molecular weight is 300 g/mol. The van der Waals surface area contributed by atoms with Gasteiger partial charge >= 0.3 is 12.1 Å². The largest absolute Gasteiger partial charge is 0.478 e.